The molecule has 1 aromatic carbocycles. The number of anilines is 1. The minimum atomic E-state index is -0.520. The van der Waals surface area contributed by atoms with Gasteiger partial charge in [0.15, 0.2) is 0 Å². The topological polar surface area (TPSA) is 84.7 Å². The van der Waals surface area contributed by atoms with Crippen molar-refractivity contribution in [3.63, 3.8) is 0 Å². The molecule has 0 saturated heterocycles. The van der Waals surface area contributed by atoms with Crippen LogP contribution in [0, 0.1) is 10.1 Å². The largest absolute Gasteiger partial charge is 0.494 e. The van der Waals surface area contributed by atoms with Gasteiger partial charge in [-0.1, -0.05) is 0 Å². The Labute approximate surface area is 104 Å². The molecule has 7 heteroatoms. The highest BCUT2D eigenvalue weighted by Gasteiger charge is 2.13. The summed E-state index contributed by atoms with van der Waals surface area (Å²) in [4.78, 5) is 23.4. The average molecular weight is 253 g/mol. The lowest BCUT2D eigenvalue weighted by Gasteiger charge is -2.12. The quantitative estimate of drug-likeness (QED) is 0.627. The highest BCUT2D eigenvalue weighted by Crippen LogP contribution is 2.28. The second-order valence-electron chi connectivity index (χ2n) is 3.93. The van der Waals surface area contributed by atoms with Crippen LogP contribution in [-0.4, -0.2) is 43.5 Å². The number of nitro benzene ring substituents is 1. The van der Waals surface area contributed by atoms with Gasteiger partial charge in [0.1, 0.15) is 5.75 Å². The summed E-state index contributed by atoms with van der Waals surface area (Å²) in [5, 5.41) is 13.2. The second kappa shape index (κ2) is 5.97. The molecular formula is C11H15N3O4. The Morgan fingerprint density at radius 1 is 1.50 bits per heavy atom. The second-order valence-corrected chi connectivity index (χ2v) is 3.93. The fourth-order valence-electron chi connectivity index (χ4n) is 1.37. The molecule has 0 atom stereocenters. The van der Waals surface area contributed by atoms with Gasteiger partial charge in [-0.15, -0.1) is 0 Å². The molecule has 1 N–H and O–H groups in total. The SMILES string of the molecule is COc1cc([N+](=O)[O-])ccc1NC(=O)CN(C)C. The van der Waals surface area contributed by atoms with Crippen molar-refractivity contribution in [3.05, 3.63) is 28.3 Å². The number of benzene rings is 1. The third kappa shape index (κ3) is 3.70. The number of amides is 1. The minimum absolute atomic E-state index is 0.0857. The van der Waals surface area contributed by atoms with Gasteiger partial charge < -0.3 is 15.0 Å². The summed E-state index contributed by atoms with van der Waals surface area (Å²) in [5.41, 5.74) is 0.326. The maximum Gasteiger partial charge on any atom is 0.273 e. The zero-order valence-corrected chi connectivity index (χ0v) is 10.5. The molecular weight excluding hydrogens is 238 g/mol. The van der Waals surface area contributed by atoms with Gasteiger partial charge in [-0.25, -0.2) is 0 Å². The molecule has 0 bridgehead atoms. The highest BCUT2D eigenvalue weighted by atomic mass is 16.6. The first-order valence-electron chi connectivity index (χ1n) is 5.21. The van der Waals surface area contributed by atoms with Gasteiger partial charge in [-0.05, 0) is 20.2 Å². The first kappa shape index (κ1) is 13.9. The summed E-state index contributed by atoms with van der Waals surface area (Å²) in [7, 11) is 4.93. The highest BCUT2D eigenvalue weighted by molar-refractivity contribution is 5.93. The summed E-state index contributed by atoms with van der Waals surface area (Å²) in [6.07, 6.45) is 0. The fraction of sp³-hybridized carbons (Fsp3) is 0.364. The minimum Gasteiger partial charge on any atom is -0.494 e. The molecule has 0 aliphatic rings. The van der Waals surface area contributed by atoms with Gasteiger partial charge in [0.05, 0.1) is 30.3 Å². The predicted octanol–water partition coefficient (Wildman–Crippen LogP) is 1.10. The van der Waals surface area contributed by atoms with E-state index in [0.29, 0.717) is 5.69 Å². The summed E-state index contributed by atoms with van der Waals surface area (Å²) in [5.74, 6) is 0.0449. The molecule has 98 valence electrons. The van der Waals surface area contributed by atoms with Crippen molar-refractivity contribution in [2.45, 2.75) is 0 Å². The number of carbonyl (C=O) groups is 1. The number of non-ortho nitro benzene ring substituents is 1. The number of nitrogens with one attached hydrogen (secondary N) is 1. The van der Waals surface area contributed by atoms with Crippen LogP contribution in [-0.2, 0) is 4.79 Å². The number of nitrogens with zero attached hydrogens (tertiary/aromatic N) is 2. The van der Waals surface area contributed by atoms with Crippen LogP contribution in [0.15, 0.2) is 18.2 Å². The predicted molar refractivity (Wildman–Crippen MR) is 66.8 cm³/mol. The molecule has 1 amide bonds. The monoisotopic (exact) mass is 253 g/mol. The van der Waals surface area contributed by atoms with Crippen molar-refractivity contribution in [1.82, 2.24) is 4.90 Å². The summed E-state index contributed by atoms with van der Waals surface area (Å²) in [6.45, 7) is 0.222. The molecule has 0 aliphatic heterocycles. The van der Waals surface area contributed by atoms with Crippen molar-refractivity contribution < 1.29 is 14.5 Å². The lowest BCUT2D eigenvalue weighted by atomic mass is 10.2. The van der Waals surface area contributed by atoms with Crippen LogP contribution in [0.3, 0.4) is 0 Å². The van der Waals surface area contributed by atoms with E-state index in [2.05, 4.69) is 5.32 Å². The lowest BCUT2D eigenvalue weighted by Crippen LogP contribution is -2.27. The Bertz CT molecular complexity index is 460. The van der Waals surface area contributed by atoms with E-state index < -0.39 is 4.92 Å². The standard InChI is InChI=1S/C11H15N3O4/c1-13(2)7-11(15)12-9-5-4-8(14(16)17)6-10(9)18-3/h4-6H,7H2,1-3H3,(H,12,15). The van der Waals surface area contributed by atoms with E-state index in [1.54, 1.807) is 19.0 Å². The van der Waals surface area contributed by atoms with Crippen LogP contribution in [0.25, 0.3) is 0 Å². The number of hydrogen-bond donors (Lipinski definition) is 1. The number of hydrogen-bond acceptors (Lipinski definition) is 5. The van der Waals surface area contributed by atoms with Crippen LogP contribution in [0.1, 0.15) is 0 Å². The molecule has 0 spiro atoms. The Kier molecular flexibility index (Phi) is 4.61. The van der Waals surface area contributed by atoms with E-state index in [1.807, 2.05) is 0 Å². The maximum absolute atomic E-state index is 11.6. The van der Waals surface area contributed by atoms with E-state index in [9.17, 15) is 14.9 Å². The van der Waals surface area contributed by atoms with E-state index in [0.717, 1.165) is 0 Å². The van der Waals surface area contributed by atoms with Crippen LogP contribution >= 0.6 is 0 Å². The van der Waals surface area contributed by atoms with E-state index in [4.69, 9.17) is 4.74 Å². The Morgan fingerprint density at radius 3 is 2.67 bits per heavy atom. The fourth-order valence-corrected chi connectivity index (χ4v) is 1.37. The Hall–Kier alpha value is -2.15. The normalized spacial score (nSPS) is 10.2. The Balaban J connectivity index is 2.89. The van der Waals surface area contributed by atoms with E-state index >= 15 is 0 Å². The molecule has 0 radical (unpaired) electrons. The first-order chi connectivity index (χ1) is 8.43. The molecule has 0 aliphatic carbocycles. The number of nitro groups is 1. The first-order valence-corrected chi connectivity index (χ1v) is 5.21. The molecule has 18 heavy (non-hydrogen) atoms. The molecule has 1 rings (SSSR count). The third-order valence-electron chi connectivity index (χ3n) is 2.13. The zero-order chi connectivity index (χ0) is 13.7. The van der Waals surface area contributed by atoms with E-state index in [1.165, 1.54) is 25.3 Å². The molecule has 0 aromatic heterocycles. The molecule has 0 fully saturated rings. The molecule has 0 heterocycles. The van der Waals surface area contributed by atoms with Crippen LogP contribution < -0.4 is 10.1 Å². The number of rotatable bonds is 5. The van der Waals surface area contributed by atoms with Gasteiger partial charge in [-0.2, -0.15) is 0 Å². The summed E-state index contributed by atoms with van der Waals surface area (Å²) >= 11 is 0. The number of carbonyl (C=O) groups excluding carboxylic acids is 1. The average Bonchev–Trinajstić information content (AvgIpc) is 2.27. The number of likely N-dealkylation sites (N-methyl/N-ethyl adjacent to an activating group) is 1. The number of methoxy groups -OCH3 is 1. The van der Waals surface area contributed by atoms with Crippen LogP contribution in [0.2, 0.25) is 0 Å². The molecule has 0 saturated carbocycles. The van der Waals surface area contributed by atoms with Crippen molar-refractivity contribution in [1.29, 1.82) is 0 Å². The van der Waals surface area contributed by atoms with Gasteiger partial charge in [-0.3, -0.25) is 14.9 Å². The summed E-state index contributed by atoms with van der Waals surface area (Å²) < 4.78 is 5.01. The van der Waals surface area contributed by atoms with Gasteiger partial charge >= 0.3 is 0 Å². The van der Waals surface area contributed by atoms with Crippen molar-refractivity contribution in [2.24, 2.45) is 0 Å². The zero-order valence-electron chi connectivity index (χ0n) is 10.5. The third-order valence-corrected chi connectivity index (χ3v) is 2.13. The molecule has 7 nitrogen and oxygen atoms in total. The van der Waals surface area contributed by atoms with Gasteiger partial charge in [0.25, 0.3) is 5.69 Å². The Morgan fingerprint density at radius 2 is 2.17 bits per heavy atom. The van der Waals surface area contributed by atoms with Gasteiger partial charge in [0, 0.05) is 6.07 Å². The van der Waals surface area contributed by atoms with E-state index in [-0.39, 0.29) is 23.9 Å². The molecule has 0 unspecified atom stereocenters. The lowest BCUT2D eigenvalue weighted by molar-refractivity contribution is -0.384. The van der Waals surface area contributed by atoms with Crippen LogP contribution in [0.5, 0.6) is 5.75 Å². The van der Waals surface area contributed by atoms with Crippen molar-refractivity contribution in [2.75, 3.05) is 33.1 Å². The maximum atomic E-state index is 11.6. The number of ether oxygens (including phenoxy) is 1. The van der Waals surface area contributed by atoms with Crippen molar-refractivity contribution >= 4 is 17.3 Å². The van der Waals surface area contributed by atoms with Gasteiger partial charge in [0.2, 0.25) is 5.91 Å². The molecule has 1 aromatic rings. The van der Waals surface area contributed by atoms with Crippen molar-refractivity contribution in [3.8, 4) is 5.75 Å². The smallest absolute Gasteiger partial charge is 0.273 e. The summed E-state index contributed by atoms with van der Waals surface area (Å²) in [6, 6.07) is 4.03. The van der Waals surface area contributed by atoms with Crippen LogP contribution in [0.4, 0.5) is 11.4 Å².